The summed E-state index contributed by atoms with van der Waals surface area (Å²) in [6.45, 7) is 0.424. The van der Waals surface area contributed by atoms with Crippen molar-refractivity contribution in [3.63, 3.8) is 0 Å². The number of aryl methyl sites for hydroxylation is 1. The van der Waals surface area contributed by atoms with Gasteiger partial charge in [-0.2, -0.15) is 0 Å². The number of ether oxygens (including phenoxy) is 1. The van der Waals surface area contributed by atoms with Gasteiger partial charge < -0.3 is 15.0 Å². The van der Waals surface area contributed by atoms with Crippen molar-refractivity contribution >= 4 is 6.09 Å². The Balaban J connectivity index is 1.32. The first-order valence-electron chi connectivity index (χ1n) is 7.28. The molecular formula is C16H19N3O2. The molecule has 0 unspecified atom stereocenters. The topological polar surface area (TPSA) is 67.0 Å². The molecule has 0 bridgehead atoms. The molecule has 3 rings (SSSR count). The minimum atomic E-state index is -0.317. The second-order valence-corrected chi connectivity index (χ2v) is 5.32. The van der Waals surface area contributed by atoms with Crippen molar-refractivity contribution < 1.29 is 9.53 Å². The number of amides is 1. The average molecular weight is 285 g/mol. The van der Waals surface area contributed by atoms with E-state index < -0.39 is 0 Å². The summed E-state index contributed by atoms with van der Waals surface area (Å²) in [4.78, 5) is 18.6. The van der Waals surface area contributed by atoms with Gasteiger partial charge in [-0.3, -0.25) is 0 Å². The number of nitrogens with zero attached hydrogens (tertiary/aromatic N) is 1. The molecule has 1 aromatic carbocycles. The van der Waals surface area contributed by atoms with E-state index in [1.807, 2.05) is 18.2 Å². The lowest BCUT2D eigenvalue weighted by Crippen LogP contribution is -2.27. The maximum Gasteiger partial charge on any atom is 0.407 e. The van der Waals surface area contributed by atoms with Gasteiger partial charge in [-0.05, 0) is 24.8 Å². The molecule has 0 saturated heterocycles. The van der Waals surface area contributed by atoms with E-state index in [2.05, 4.69) is 27.4 Å². The zero-order valence-electron chi connectivity index (χ0n) is 11.8. The molecule has 1 aliphatic carbocycles. The fourth-order valence-corrected chi connectivity index (χ4v) is 2.47. The minimum Gasteiger partial charge on any atom is -0.450 e. The summed E-state index contributed by atoms with van der Waals surface area (Å²) in [7, 11) is 0. The molecule has 1 heterocycles. The Morgan fingerprint density at radius 3 is 3.00 bits per heavy atom. The van der Waals surface area contributed by atoms with Crippen LogP contribution < -0.4 is 5.32 Å². The maximum absolute atomic E-state index is 11.7. The summed E-state index contributed by atoms with van der Waals surface area (Å²) in [6.07, 6.45) is 5.75. The van der Waals surface area contributed by atoms with E-state index in [0.29, 0.717) is 12.5 Å². The van der Waals surface area contributed by atoms with E-state index in [4.69, 9.17) is 4.74 Å². The molecule has 21 heavy (non-hydrogen) atoms. The Morgan fingerprint density at radius 2 is 2.24 bits per heavy atom. The highest BCUT2D eigenvalue weighted by atomic mass is 16.5. The first kappa shape index (κ1) is 13.7. The van der Waals surface area contributed by atoms with Gasteiger partial charge in [-0.25, -0.2) is 9.78 Å². The lowest BCUT2D eigenvalue weighted by Gasteiger charge is -2.06. The van der Waals surface area contributed by atoms with Crippen LogP contribution in [0.2, 0.25) is 0 Å². The number of carbonyl (C=O) groups is 1. The van der Waals surface area contributed by atoms with E-state index in [0.717, 1.165) is 25.0 Å². The molecule has 0 spiro atoms. The number of alkyl carbamates (subject to hydrolysis) is 1. The summed E-state index contributed by atoms with van der Waals surface area (Å²) in [6, 6.07) is 10.5. The van der Waals surface area contributed by atoms with Crippen LogP contribution in [-0.4, -0.2) is 28.7 Å². The number of hydrogen-bond donors (Lipinski definition) is 2. The van der Waals surface area contributed by atoms with Crippen LogP contribution >= 0.6 is 0 Å². The van der Waals surface area contributed by atoms with Crippen molar-refractivity contribution in [1.29, 1.82) is 0 Å². The molecule has 5 nitrogen and oxygen atoms in total. The van der Waals surface area contributed by atoms with Gasteiger partial charge in [0.25, 0.3) is 0 Å². The Hall–Kier alpha value is -2.30. The molecule has 1 amide bonds. The predicted octanol–water partition coefficient (Wildman–Crippen LogP) is 2.62. The third kappa shape index (κ3) is 3.84. The molecule has 1 saturated carbocycles. The number of hydrogen-bond acceptors (Lipinski definition) is 3. The number of H-pyrrole nitrogens is 1. The summed E-state index contributed by atoms with van der Waals surface area (Å²) < 4.78 is 5.19. The third-order valence-electron chi connectivity index (χ3n) is 3.70. The van der Waals surface area contributed by atoms with E-state index in [9.17, 15) is 4.79 Å². The van der Waals surface area contributed by atoms with E-state index >= 15 is 0 Å². The van der Waals surface area contributed by atoms with Crippen molar-refractivity contribution in [2.24, 2.45) is 0 Å². The molecule has 2 N–H and O–H groups in total. The van der Waals surface area contributed by atoms with Gasteiger partial charge >= 0.3 is 6.09 Å². The highest BCUT2D eigenvalue weighted by Gasteiger charge is 2.39. The minimum absolute atomic E-state index is 0.215. The molecule has 1 aliphatic rings. The zero-order chi connectivity index (χ0) is 14.5. The smallest absolute Gasteiger partial charge is 0.407 e. The van der Waals surface area contributed by atoms with Gasteiger partial charge in [0.05, 0.1) is 12.9 Å². The molecule has 0 radical (unpaired) electrons. The Kier molecular flexibility index (Phi) is 4.19. The Labute approximate surface area is 123 Å². The highest BCUT2D eigenvalue weighted by molar-refractivity contribution is 5.68. The molecule has 5 heteroatoms. The fourth-order valence-electron chi connectivity index (χ4n) is 2.47. The maximum atomic E-state index is 11.7. The summed E-state index contributed by atoms with van der Waals surface area (Å²) in [5, 5.41) is 2.91. The molecule has 1 aromatic heterocycles. The van der Waals surface area contributed by atoms with Crippen molar-refractivity contribution in [1.82, 2.24) is 15.3 Å². The summed E-state index contributed by atoms with van der Waals surface area (Å²) >= 11 is 0. The second kappa shape index (κ2) is 6.43. The predicted molar refractivity (Wildman–Crippen MR) is 79.0 cm³/mol. The standard InChI is InChI=1S/C16H19N3O2/c20-16(21-8-4-7-13-10-17-11-18-13)19-15-9-14(15)12-5-2-1-3-6-12/h1-3,5-6,10-11,14-15H,4,7-9H2,(H,17,18)(H,19,20)/t14-,15+/m0/s1. The Morgan fingerprint density at radius 1 is 1.38 bits per heavy atom. The number of rotatable bonds is 6. The first-order chi connectivity index (χ1) is 10.3. The molecule has 1 fully saturated rings. The highest BCUT2D eigenvalue weighted by Crippen LogP contribution is 2.40. The van der Waals surface area contributed by atoms with Crippen LogP contribution in [0.1, 0.15) is 30.0 Å². The van der Waals surface area contributed by atoms with E-state index in [1.54, 1.807) is 12.5 Å². The van der Waals surface area contributed by atoms with Crippen LogP contribution in [0.4, 0.5) is 4.79 Å². The Bertz CT molecular complexity index is 568. The van der Waals surface area contributed by atoms with Crippen molar-refractivity contribution in [2.75, 3.05) is 6.61 Å². The number of nitrogens with one attached hydrogen (secondary N) is 2. The van der Waals surface area contributed by atoms with Crippen molar-refractivity contribution in [3.8, 4) is 0 Å². The monoisotopic (exact) mass is 285 g/mol. The quantitative estimate of drug-likeness (QED) is 0.802. The van der Waals surface area contributed by atoms with Crippen LogP contribution in [0.3, 0.4) is 0 Å². The van der Waals surface area contributed by atoms with Gasteiger partial charge in [-0.1, -0.05) is 30.3 Å². The summed E-state index contributed by atoms with van der Waals surface area (Å²) in [5.41, 5.74) is 2.34. The van der Waals surface area contributed by atoms with Crippen LogP contribution in [0.25, 0.3) is 0 Å². The third-order valence-corrected chi connectivity index (χ3v) is 3.70. The SMILES string of the molecule is O=C(N[C@@H]1C[C@H]1c1ccccc1)OCCCc1cnc[nH]1. The number of benzene rings is 1. The number of carbonyl (C=O) groups excluding carboxylic acids is 1. The molecule has 2 atom stereocenters. The normalized spacial score (nSPS) is 20.0. The van der Waals surface area contributed by atoms with Crippen LogP contribution in [-0.2, 0) is 11.2 Å². The molecular weight excluding hydrogens is 266 g/mol. The largest absolute Gasteiger partial charge is 0.450 e. The first-order valence-corrected chi connectivity index (χ1v) is 7.28. The average Bonchev–Trinajstić information content (AvgIpc) is 3.07. The van der Waals surface area contributed by atoms with Gasteiger partial charge in [0, 0.05) is 23.9 Å². The van der Waals surface area contributed by atoms with Crippen molar-refractivity contribution in [2.45, 2.75) is 31.2 Å². The van der Waals surface area contributed by atoms with Gasteiger partial charge in [0.15, 0.2) is 0 Å². The van der Waals surface area contributed by atoms with Crippen LogP contribution in [0.5, 0.6) is 0 Å². The second-order valence-electron chi connectivity index (χ2n) is 5.32. The lowest BCUT2D eigenvalue weighted by molar-refractivity contribution is 0.144. The van der Waals surface area contributed by atoms with Crippen molar-refractivity contribution in [3.05, 3.63) is 54.1 Å². The number of aromatic nitrogens is 2. The molecule has 2 aromatic rings. The lowest BCUT2D eigenvalue weighted by atomic mass is 10.1. The van der Waals surface area contributed by atoms with Gasteiger partial charge in [0.2, 0.25) is 0 Å². The van der Waals surface area contributed by atoms with Crippen LogP contribution in [0, 0.1) is 0 Å². The van der Waals surface area contributed by atoms with E-state index in [1.165, 1.54) is 5.56 Å². The van der Waals surface area contributed by atoms with E-state index in [-0.39, 0.29) is 12.1 Å². The molecule has 0 aliphatic heterocycles. The number of aromatic amines is 1. The zero-order valence-corrected chi connectivity index (χ0v) is 11.8. The van der Waals surface area contributed by atoms with Crippen LogP contribution in [0.15, 0.2) is 42.9 Å². The number of imidazole rings is 1. The fraction of sp³-hybridized carbons (Fsp3) is 0.375. The summed E-state index contributed by atoms with van der Waals surface area (Å²) in [5.74, 6) is 0.434. The van der Waals surface area contributed by atoms with Gasteiger partial charge in [0.1, 0.15) is 0 Å². The molecule has 110 valence electrons. The van der Waals surface area contributed by atoms with Gasteiger partial charge in [-0.15, -0.1) is 0 Å².